The molecule has 0 bridgehead atoms. The lowest BCUT2D eigenvalue weighted by molar-refractivity contribution is 0.500. The maximum Gasteiger partial charge on any atom is 0.0867 e. The lowest BCUT2D eigenvalue weighted by atomic mass is 10.1. The first kappa shape index (κ1) is 13.5. The minimum Gasteiger partial charge on any atom is -0.318 e. The van der Waals surface area contributed by atoms with Gasteiger partial charge in [0.1, 0.15) is 0 Å². The number of aromatic nitrogens is 4. The highest BCUT2D eigenvalue weighted by Crippen LogP contribution is 2.31. The molecule has 7 heteroatoms. The molecule has 0 fully saturated rings. The van der Waals surface area contributed by atoms with Crippen LogP contribution >= 0.6 is 23.1 Å². The molecule has 2 aromatic heterocycles. The summed E-state index contributed by atoms with van der Waals surface area (Å²) in [7, 11) is 0. The Bertz CT molecular complexity index is 533. The summed E-state index contributed by atoms with van der Waals surface area (Å²) in [5, 5.41) is 8.95. The molecule has 0 aliphatic carbocycles. The van der Waals surface area contributed by atoms with Crippen LogP contribution in [0.3, 0.4) is 0 Å². The third-order valence-corrected chi connectivity index (χ3v) is 3.91. The fourth-order valence-electron chi connectivity index (χ4n) is 1.87. The van der Waals surface area contributed by atoms with E-state index in [9.17, 15) is 0 Å². The van der Waals surface area contributed by atoms with E-state index in [1.807, 2.05) is 25.5 Å². The van der Waals surface area contributed by atoms with E-state index in [0.717, 1.165) is 22.7 Å². The summed E-state index contributed by atoms with van der Waals surface area (Å²) in [5.41, 5.74) is 8.06. The van der Waals surface area contributed by atoms with Crippen LogP contribution in [0.25, 0.3) is 0 Å². The second kappa shape index (κ2) is 5.34. The van der Waals surface area contributed by atoms with Crippen LogP contribution in [0.4, 0.5) is 0 Å². The lowest BCUT2D eigenvalue weighted by Gasteiger charge is -2.16. The highest BCUT2D eigenvalue weighted by atomic mass is 35.5. The van der Waals surface area contributed by atoms with Gasteiger partial charge in [-0.05, 0) is 31.8 Å². The van der Waals surface area contributed by atoms with Crippen molar-refractivity contribution in [3.63, 3.8) is 0 Å². The second-order valence-corrected chi connectivity index (χ2v) is 5.52. The number of halogens is 1. The molecule has 2 aromatic rings. The van der Waals surface area contributed by atoms with Gasteiger partial charge in [-0.1, -0.05) is 23.0 Å². The summed E-state index contributed by atoms with van der Waals surface area (Å²) in [5.74, 6) is 0. The molecule has 2 rings (SSSR count). The molecular weight excluding hydrogens is 270 g/mol. The van der Waals surface area contributed by atoms with E-state index >= 15 is 0 Å². The van der Waals surface area contributed by atoms with Gasteiger partial charge in [-0.3, -0.25) is 4.68 Å². The summed E-state index contributed by atoms with van der Waals surface area (Å²) >= 11 is 7.52. The van der Waals surface area contributed by atoms with Crippen molar-refractivity contribution >= 4 is 23.1 Å². The minimum atomic E-state index is -0.322. The summed E-state index contributed by atoms with van der Waals surface area (Å²) in [4.78, 5) is 0.960. The molecule has 0 saturated carbocycles. The van der Waals surface area contributed by atoms with Crippen LogP contribution in [0.5, 0.6) is 0 Å². The Hall–Kier alpha value is -0.980. The van der Waals surface area contributed by atoms with E-state index in [2.05, 4.69) is 14.7 Å². The third-order valence-electron chi connectivity index (χ3n) is 2.77. The standard InChI is InChI=1S/C11H16ClN5S/c1-4-8-11(18-16-15-8)9(13)10-7(12)5-14-17(10)6(2)3/h5-6,9H,4,13H2,1-3H3. The summed E-state index contributed by atoms with van der Waals surface area (Å²) < 4.78 is 5.82. The van der Waals surface area contributed by atoms with Crippen molar-refractivity contribution in [3.05, 3.63) is 27.5 Å². The minimum absolute atomic E-state index is 0.213. The highest BCUT2D eigenvalue weighted by molar-refractivity contribution is 7.05. The van der Waals surface area contributed by atoms with Crippen LogP contribution in [0.2, 0.25) is 5.02 Å². The van der Waals surface area contributed by atoms with Crippen molar-refractivity contribution in [2.24, 2.45) is 5.73 Å². The molecule has 0 aromatic carbocycles. The molecular formula is C11H16ClN5S. The van der Waals surface area contributed by atoms with Crippen LogP contribution < -0.4 is 5.73 Å². The molecule has 98 valence electrons. The van der Waals surface area contributed by atoms with E-state index in [-0.39, 0.29) is 12.1 Å². The zero-order valence-electron chi connectivity index (χ0n) is 10.6. The maximum absolute atomic E-state index is 6.31. The Morgan fingerprint density at radius 1 is 1.50 bits per heavy atom. The maximum atomic E-state index is 6.31. The van der Waals surface area contributed by atoms with Crippen molar-refractivity contribution in [2.75, 3.05) is 0 Å². The van der Waals surface area contributed by atoms with Gasteiger partial charge in [0.05, 0.1) is 33.5 Å². The fraction of sp³-hybridized carbons (Fsp3) is 0.545. The Kier molecular flexibility index (Phi) is 3.99. The third kappa shape index (κ3) is 2.28. The molecule has 0 spiro atoms. The van der Waals surface area contributed by atoms with Crippen molar-refractivity contribution in [3.8, 4) is 0 Å². The number of nitrogens with two attached hydrogens (primary N) is 1. The zero-order valence-corrected chi connectivity index (χ0v) is 12.2. The largest absolute Gasteiger partial charge is 0.318 e. The van der Waals surface area contributed by atoms with Crippen LogP contribution in [0, 0.1) is 0 Å². The normalized spacial score (nSPS) is 13.2. The van der Waals surface area contributed by atoms with E-state index < -0.39 is 0 Å². The van der Waals surface area contributed by atoms with Crippen LogP contribution in [-0.2, 0) is 6.42 Å². The average Bonchev–Trinajstić information content (AvgIpc) is 2.93. The van der Waals surface area contributed by atoms with Crippen molar-refractivity contribution in [1.29, 1.82) is 0 Å². The van der Waals surface area contributed by atoms with Gasteiger partial charge in [0.2, 0.25) is 0 Å². The quantitative estimate of drug-likeness (QED) is 0.937. The van der Waals surface area contributed by atoms with Crippen molar-refractivity contribution in [2.45, 2.75) is 39.3 Å². The van der Waals surface area contributed by atoms with Gasteiger partial charge in [-0.2, -0.15) is 5.10 Å². The topological polar surface area (TPSA) is 69.6 Å². The van der Waals surface area contributed by atoms with Gasteiger partial charge >= 0.3 is 0 Å². The molecule has 2 heterocycles. The lowest BCUT2D eigenvalue weighted by Crippen LogP contribution is -2.19. The number of aryl methyl sites for hydroxylation is 1. The van der Waals surface area contributed by atoms with E-state index in [0.29, 0.717) is 5.02 Å². The van der Waals surface area contributed by atoms with Crippen LogP contribution in [0.15, 0.2) is 6.20 Å². The Morgan fingerprint density at radius 2 is 2.22 bits per heavy atom. The summed E-state index contributed by atoms with van der Waals surface area (Å²) in [6.45, 7) is 6.13. The van der Waals surface area contributed by atoms with Crippen molar-refractivity contribution in [1.82, 2.24) is 19.4 Å². The molecule has 0 amide bonds. The molecule has 2 N–H and O–H groups in total. The van der Waals surface area contributed by atoms with Crippen LogP contribution in [0.1, 0.15) is 49.1 Å². The van der Waals surface area contributed by atoms with Gasteiger partial charge in [-0.15, -0.1) is 5.10 Å². The van der Waals surface area contributed by atoms with E-state index in [1.54, 1.807) is 6.20 Å². The van der Waals surface area contributed by atoms with Crippen LogP contribution in [-0.4, -0.2) is 19.4 Å². The smallest absolute Gasteiger partial charge is 0.0867 e. The summed E-state index contributed by atoms with van der Waals surface area (Å²) in [6, 6.07) is -0.109. The fourth-order valence-corrected chi connectivity index (χ4v) is 2.87. The number of hydrogen-bond donors (Lipinski definition) is 1. The highest BCUT2D eigenvalue weighted by Gasteiger charge is 2.24. The Labute approximate surface area is 115 Å². The number of rotatable bonds is 4. The Balaban J connectivity index is 2.45. The monoisotopic (exact) mass is 285 g/mol. The predicted molar refractivity (Wildman–Crippen MR) is 72.9 cm³/mol. The zero-order chi connectivity index (χ0) is 13.3. The summed E-state index contributed by atoms with van der Waals surface area (Å²) in [6.07, 6.45) is 2.45. The van der Waals surface area contributed by atoms with Gasteiger partial charge in [0.15, 0.2) is 0 Å². The van der Waals surface area contributed by atoms with E-state index in [1.165, 1.54) is 11.5 Å². The average molecular weight is 286 g/mol. The van der Waals surface area contributed by atoms with Crippen molar-refractivity contribution < 1.29 is 0 Å². The molecule has 0 aliphatic rings. The van der Waals surface area contributed by atoms with Gasteiger partial charge < -0.3 is 5.73 Å². The Morgan fingerprint density at radius 3 is 2.83 bits per heavy atom. The first-order valence-electron chi connectivity index (χ1n) is 5.85. The molecule has 0 radical (unpaired) electrons. The SMILES string of the molecule is CCc1nnsc1C(N)c1c(Cl)cnn1C(C)C. The van der Waals surface area contributed by atoms with Gasteiger partial charge in [-0.25, -0.2) is 0 Å². The molecule has 18 heavy (non-hydrogen) atoms. The number of hydrogen-bond acceptors (Lipinski definition) is 5. The van der Waals surface area contributed by atoms with E-state index in [4.69, 9.17) is 17.3 Å². The second-order valence-electron chi connectivity index (χ2n) is 4.33. The van der Waals surface area contributed by atoms with Gasteiger partial charge in [0.25, 0.3) is 0 Å². The molecule has 5 nitrogen and oxygen atoms in total. The molecule has 1 unspecified atom stereocenters. The first-order chi connectivity index (χ1) is 8.56. The predicted octanol–water partition coefficient (Wildman–Crippen LogP) is 2.58. The number of nitrogens with zero attached hydrogens (tertiary/aromatic N) is 4. The van der Waals surface area contributed by atoms with Gasteiger partial charge in [0, 0.05) is 6.04 Å². The first-order valence-corrected chi connectivity index (χ1v) is 7.01. The molecule has 1 atom stereocenters. The molecule has 0 saturated heterocycles. The molecule has 0 aliphatic heterocycles.